The Labute approximate surface area is 66.8 Å². The highest BCUT2D eigenvalue weighted by Gasteiger charge is 1.84. The Morgan fingerprint density at radius 2 is 0.727 bits per heavy atom. The van der Waals surface area contributed by atoms with Crippen LogP contribution in [-0.2, 0) is 0 Å². The van der Waals surface area contributed by atoms with Crippen LogP contribution in [0.1, 0.15) is 0 Å². The first kappa shape index (κ1) is 22.5. The quantitative estimate of drug-likeness (QED) is 0.398. The van der Waals surface area contributed by atoms with E-state index in [-0.39, 0.29) is 12.3 Å². The van der Waals surface area contributed by atoms with Crippen LogP contribution in [0, 0.1) is 21.0 Å². The lowest BCUT2D eigenvalue weighted by atomic mass is 14.0. The molecule has 0 aromatic heterocycles. The van der Waals surface area contributed by atoms with Crippen LogP contribution in [0.25, 0.3) is 0 Å². The summed E-state index contributed by atoms with van der Waals surface area (Å²) in [5.74, 6) is 0. The Morgan fingerprint density at radius 3 is 0.727 bits per heavy atom. The van der Waals surface area contributed by atoms with Gasteiger partial charge >= 0.3 is 0 Å². The number of quaternary nitrogens is 2. The maximum absolute atomic E-state index is 8.49. The van der Waals surface area contributed by atoms with Crippen molar-refractivity contribution in [3.8, 4) is 0 Å². The average Bonchev–Trinajstić information content (AvgIpc) is 1.19. The first-order valence-electron chi connectivity index (χ1n) is 1.08. The summed E-state index contributed by atoms with van der Waals surface area (Å²) in [6.45, 7) is 0. The second kappa shape index (κ2) is 10.2. The van der Waals surface area contributed by atoms with Gasteiger partial charge in [0.2, 0.25) is 0 Å². The molecule has 0 aliphatic heterocycles. The number of rotatable bonds is 0. The fourth-order valence-electron chi connectivity index (χ4n) is 0. The summed E-state index contributed by atoms with van der Waals surface area (Å²) < 4.78 is 59.2. The van der Waals surface area contributed by atoms with Gasteiger partial charge in [0.15, 0.2) is 0 Å². The molecule has 0 bridgehead atoms. The monoisotopic (exact) mass is 218 g/mol. The molecule has 0 atom stereocenters. The standard InChI is InChI=1S/ClHO4.ClO3.2H3N/c2-1(3,4)5;2-1(3)4;;/h(H,2,3,4,5);;2*1H3/q;-1;;/p+1. The summed E-state index contributed by atoms with van der Waals surface area (Å²) in [5.41, 5.74) is 0. The summed E-state index contributed by atoms with van der Waals surface area (Å²) >= 11 is 0. The van der Waals surface area contributed by atoms with E-state index in [1.54, 1.807) is 0 Å². The lowest BCUT2D eigenvalue weighted by Gasteiger charge is -2.17. The van der Waals surface area contributed by atoms with Gasteiger partial charge in [-0.2, -0.15) is 0 Å². The molecular formula is H8Cl2N2O7. The fourth-order valence-corrected chi connectivity index (χ4v) is 0. The average molecular weight is 219 g/mol. The molecule has 0 saturated carbocycles. The van der Waals surface area contributed by atoms with Gasteiger partial charge in [-0.25, -0.2) is 18.6 Å². The smallest absolute Gasteiger partial charge is 0.0695 e. The van der Waals surface area contributed by atoms with Crippen LogP contribution in [0.15, 0.2) is 0 Å². The van der Waals surface area contributed by atoms with Crippen molar-refractivity contribution >= 4 is 0 Å². The van der Waals surface area contributed by atoms with Crippen LogP contribution in [0.4, 0.5) is 0 Å². The van der Waals surface area contributed by atoms with Crippen LogP contribution in [-0.4, -0.2) is 0 Å². The second-order valence-electron chi connectivity index (χ2n) is 0.567. The van der Waals surface area contributed by atoms with Gasteiger partial charge < -0.3 is 26.3 Å². The van der Waals surface area contributed by atoms with Gasteiger partial charge in [-0.1, -0.05) is 0 Å². The van der Waals surface area contributed by atoms with Crippen LogP contribution < -0.4 is 44.9 Å². The molecule has 0 rings (SSSR count). The summed E-state index contributed by atoms with van der Waals surface area (Å²) in [6.07, 6.45) is 0. The third-order valence-electron chi connectivity index (χ3n) is 0. The van der Waals surface area contributed by atoms with Crippen molar-refractivity contribution in [3.63, 3.8) is 0 Å². The van der Waals surface area contributed by atoms with Crippen LogP contribution >= 0.6 is 0 Å². The Bertz CT molecular complexity index is 51.2. The maximum atomic E-state index is 8.49. The minimum absolute atomic E-state index is 0. The zero-order chi connectivity index (χ0) is 8.08. The minimum Gasteiger partial charge on any atom is -0.369 e. The molecule has 8 N–H and O–H groups in total. The van der Waals surface area contributed by atoms with Crippen molar-refractivity contribution in [1.29, 1.82) is 0 Å². The van der Waals surface area contributed by atoms with Crippen molar-refractivity contribution in [3.05, 3.63) is 0 Å². The lowest BCUT2D eigenvalue weighted by Crippen LogP contribution is -2.68. The summed E-state index contributed by atoms with van der Waals surface area (Å²) in [5, 5.41) is 0. The predicted molar refractivity (Wildman–Crippen MR) is 12.0 cm³/mol. The third-order valence-corrected chi connectivity index (χ3v) is 0. The highest BCUT2D eigenvalue weighted by Crippen LogP contribution is 1.49. The zero-order valence-corrected chi connectivity index (χ0v) is 7.13. The highest BCUT2D eigenvalue weighted by molar-refractivity contribution is 2.14. The molecule has 0 unspecified atom stereocenters. The maximum Gasteiger partial charge on any atom is 0.0695 e. The van der Waals surface area contributed by atoms with Crippen molar-refractivity contribution < 1.29 is 53.6 Å². The molecule has 0 radical (unpaired) electrons. The topological polar surface area (TPSA) is 234 Å². The van der Waals surface area contributed by atoms with Gasteiger partial charge in [-0.3, -0.25) is 0 Å². The van der Waals surface area contributed by atoms with E-state index >= 15 is 0 Å². The summed E-state index contributed by atoms with van der Waals surface area (Å²) in [7, 11) is -7.80. The number of halogens is 2. The normalized spacial score (nSPS) is 8.73. The molecule has 9 nitrogen and oxygen atoms in total. The second-order valence-corrected chi connectivity index (χ2v) is 1.70. The molecule has 0 aliphatic carbocycles. The Balaban J connectivity index is -0.0000000383. The predicted octanol–water partition coefficient (Wildman–Crippen LogP) is -7.57. The van der Waals surface area contributed by atoms with Gasteiger partial charge in [-0.15, -0.1) is 10.2 Å². The molecule has 11 heavy (non-hydrogen) atoms. The number of hydrogen-bond acceptors (Lipinski definition) is 7. The molecule has 0 aromatic carbocycles. The Hall–Kier alpha value is 0.220. The highest BCUT2D eigenvalue weighted by atomic mass is 35.7. The van der Waals surface area contributed by atoms with E-state index in [1.165, 1.54) is 0 Å². The summed E-state index contributed by atoms with van der Waals surface area (Å²) in [6, 6.07) is 0. The van der Waals surface area contributed by atoms with E-state index < -0.39 is 21.0 Å². The fraction of sp³-hybridized carbons (Fsp3) is 0. The van der Waals surface area contributed by atoms with Gasteiger partial charge in [0.1, 0.15) is 0 Å². The molecule has 0 saturated heterocycles. The molecule has 74 valence electrons. The molecular weight excluding hydrogens is 211 g/mol. The SMILES string of the molecule is [NH4+].[NH4+].[O-][Cl+2]([O-])[O-].[O-][Cl+3]([O-])([O-])[O-]. The van der Waals surface area contributed by atoms with E-state index in [1.807, 2.05) is 0 Å². The molecule has 0 aliphatic rings. The minimum atomic E-state index is -4.94. The molecule has 0 fully saturated rings. The van der Waals surface area contributed by atoms with Crippen molar-refractivity contribution in [2.24, 2.45) is 0 Å². The van der Waals surface area contributed by atoms with Crippen LogP contribution in [0.3, 0.4) is 0 Å². The van der Waals surface area contributed by atoms with Crippen molar-refractivity contribution in [2.45, 2.75) is 0 Å². The largest absolute Gasteiger partial charge is 0.369 e. The first-order chi connectivity index (χ1) is 3.73. The van der Waals surface area contributed by atoms with E-state index in [0.717, 1.165) is 0 Å². The van der Waals surface area contributed by atoms with Crippen LogP contribution in [0.2, 0.25) is 0 Å². The molecule has 0 heterocycles. The number of hydrogen-bond donors (Lipinski definition) is 2. The third kappa shape index (κ3) is 14300. The van der Waals surface area contributed by atoms with Gasteiger partial charge in [-0.05, 0) is 0 Å². The van der Waals surface area contributed by atoms with E-state index in [2.05, 4.69) is 0 Å². The first-order valence-corrected chi connectivity index (χ1v) is 3.24. The lowest BCUT2D eigenvalue weighted by molar-refractivity contribution is -2.00. The van der Waals surface area contributed by atoms with Crippen molar-refractivity contribution in [2.75, 3.05) is 0 Å². The zero-order valence-electron chi connectivity index (χ0n) is 5.61. The summed E-state index contributed by atoms with van der Waals surface area (Å²) in [4.78, 5) is 0. The molecule has 0 spiro atoms. The van der Waals surface area contributed by atoms with E-state index in [0.29, 0.717) is 0 Å². The van der Waals surface area contributed by atoms with E-state index in [9.17, 15) is 0 Å². The van der Waals surface area contributed by atoms with Crippen molar-refractivity contribution in [1.82, 2.24) is 12.3 Å². The van der Waals surface area contributed by atoms with E-state index in [4.69, 9.17) is 32.6 Å². The molecule has 0 amide bonds. The Morgan fingerprint density at radius 1 is 0.727 bits per heavy atom. The van der Waals surface area contributed by atoms with Gasteiger partial charge in [0.25, 0.3) is 0 Å². The molecule has 11 heteroatoms. The molecule has 0 aromatic rings. The van der Waals surface area contributed by atoms with Crippen LogP contribution in [0.5, 0.6) is 0 Å². The Kier molecular flexibility index (Phi) is 20.9. The van der Waals surface area contributed by atoms with Gasteiger partial charge in [0.05, 0.1) is 10.8 Å². The van der Waals surface area contributed by atoms with Gasteiger partial charge in [0, 0.05) is 0 Å².